The number of aryl methyl sites for hydroxylation is 1. The lowest BCUT2D eigenvalue weighted by molar-refractivity contribution is 0.264. The van der Waals surface area contributed by atoms with Gasteiger partial charge in [-0.1, -0.05) is 12.1 Å². The summed E-state index contributed by atoms with van der Waals surface area (Å²) in [5.41, 5.74) is 1.21. The zero-order chi connectivity index (χ0) is 10.6. The van der Waals surface area contributed by atoms with Crippen molar-refractivity contribution in [1.29, 1.82) is 0 Å². The van der Waals surface area contributed by atoms with E-state index in [0.717, 1.165) is 5.75 Å². The normalized spacial score (nSPS) is 11.4. The molecule has 0 atom stereocenters. The van der Waals surface area contributed by atoms with E-state index in [2.05, 4.69) is 26.1 Å². The number of rotatable bonds is 4. The lowest BCUT2D eigenvalue weighted by Crippen LogP contribution is -2.38. The first-order valence-electron chi connectivity index (χ1n) is 4.93. The molecule has 1 rings (SSSR count). The highest BCUT2D eigenvalue weighted by Gasteiger charge is 2.25. The molecule has 14 heavy (non-hydrogen) atoms. The summed E-state index contributed by atoms with van der Waals surface area (Å²) >= 11 is 0. The smallest absolute Gasteiger partial charge is 0.392 e. The van der Waals surface area contributed by atoms with Crippen molar-refractivity contribution in [2.75, 3.05) is 6.61 Å². The minimum Gasteiger partial charge on any atom is -0.520 e. The van der Waals surface area contributed by atoms with Gasteiger partial charge in [0, 0.05) is 6.61 Å². The molecule has 0 spiro atoms. The van der Waals surface area contributed by atoms with E-state index in [4.69, 9.17) is 8.85 Å². The molecule has 1 aromatic carbocycles. The quantitative estimate of drug-likeness (QED) is 0.711. The largest absolute Gasteiger partial charge is 0.520 e. The SMILES string of the molecule is CCO[Si](C)(C)Oc1cccc(C)c1. The van der Waals surface area contributed by atoms with Gasteiger partial charge in [0.2, 0.25) is 0 Å². The summed E-state index contributed by atoms with van der Waals surface area (Å²) in [6.45, 7) is 8.87. The zero-order valence-corrected chi connectivity index (χ0v) is 10.3. The first-order chi connectivity index (χ1) is 6.53. The Labute approximate surface area is 87.1 Å². The van der Waals surface area contributed by atoms with Crippen LogP contribution < -0.4 is 4.43 Å². The summed E-state index contributed by atoms with van der Waals surface area (Å²) in [7, 11) is -1.97. The van der Waals surface area contributed by atoms with Crippen molar-refractivity contribution in [1.82, 2.24) is 0 Å². The van der Waals surface area contributed by atoms with E-state index in [-0.39, 0.29) is 0 Å². The summed E-state index contributed by atoms with van der Waals surface area (Å²) in [5, 5.41) is 0. The van der Waals surface area contributed by atoms with Gasteiger partial charge in [0.25, 0.3) is 0 Å². The number of benzene rings is 1. The molecule has 1 aromatic rings. The molecule has 0 unspecified atom stereocenters. The lowest BCUT2D eigenvalue weighted by atomic mass is 10.2. The average molecular weight is 210 g/mol. The van der Waals surface area contributed by atoms with Crippen molar-refractivity contribution in [3.05, 3.63) is 29.8 Å². The van der Waals surface area contributed by atoms with Crippen molar-refractivity contribution in [2.24, 2.45) is 0 Å². The molecule has 0 aromatic heterocycles. The topological polar surface area (TPSA) is 18.5 Å². The Morgan fingerprint density at radius 3 is 2.57 bits per heavy atom. The fourth-order valence-electron chi connectivity index (χ4n) is 1.34. The van der Waals surface area contributed by atoms with Crippen LogP contribution in [0, 0.1) is 6.92 Å². The molecule has 0 radical (unpaired) electrons. The summed E-state index contributed by atoms with van der Waals surface area (Å²) in [4.78, 5) is 0. The summed E-state index contributed by atoms with van der Waals surface area (Å²) in [6.07, 6.45) is 0. The third kappa shape index (κ3) is 3.52. The molecule has 0 heterocycles. The molecule has 0 saturated heterocycles. The Morgan fingerprint density at radius 1 is 1.29 bits per heavy atom. The third-order valence-electron chi connectivity index (χ3n) is 1.85. The molecule has 0 N–H and O–H groups in total. The lowest BCUT2D eigenvalue weighted by Gasteiger charge is -2.23. The molecule has 0 aliphatic rings. The van der Waals surface area contributed by atoms with Gasteiger partial charge in [-0.3, -0.25) is 0 Å². The van der Waals surface area contributed by atoms with E-state index in [1.807, 2.05) is 25.1 Å². The van der Waals surface area contributed by atoms with E-state index < -0.39 is 8.56 Å². The summed E-state index contributed by atoms with van der Waals surface area (Å²) in [5.74, 6) is 0.912. The van der Waals surface area contributed by atoms with Gasteiger partial charge < -0.3 is 8.85 Å². The molecular formula is C11H18O2Si. The molecule has 0 fully saturated rings. The van der Waals surface area contributed by atoms with E-state index in [1.165, 1.54) is 5.56 Å². The number of hydrogen-bond acceptors (Lipinski definition) is 2. The number of hydrogen-bond donors (Lipinski definition) is 0. The average Bonchev–Trinajstić information content (AvgIpc) is 2.02. The molecule has 0 saturated carbocycles. The molecule has 2 nitrogen and oxygen atoms in total. The molecular weight excluding hydrogens is 192 g/mol. The Bertz CT molecular complexity index is 297. The molecule has 0 bridgehead atoms. The van der Waals surface area contributed by atoms with Crippen molar-refractivity contribution >= 4 is 8.56 Å². The Morgan fingerprint density at radius 2 is 2.00 bits per heavy atom. The Hall–Kier alpha value is -0.803. The second kappa shape index (κ2) is 4.62. The molecule has 0 amide bonds. The van der Waals surface area contributed by atoms with Crippen molar-refractivity contribution in [3.63, 3.8) is 0 Å². The maximum absolute atomic E-state index is 5.84. The van der Waals surface area contributed by atoms with Gasteiger partial charge in [-0.15, -0.1) is 0 Å². The van der Waals surface area contributed by atoms with Crippen LogP contribution in [0.2, 0.25) is 13.1 Å². The molecule has 78 valence electrons. The maximum Gasteiger partial charge on any atom is 0.392 e. The van der Waals surface area contributed by atoms with Crippen molar-refractivity contribution in [2.45, 2.75) is 26.9 Å². The fraction of sp³-hybridized carbons (Fsp3) is 0.455. The first-order valence-corrected chi connectivity index (χ1v) is 7.75. The molecule has 0 aliphatic carbocycles. The van der Waals surface area contributed by atoms with Gasteiger partial charge in [0.05, 0.1) is 0 Å². The Balaban J connectivity index is 2.68. The van der Waals surface area contributed by atoms with E-state index in [9.17, 15) is 0 Å². The molecule has 3 heteroatoms. The van der Waals surface area contributed by atoms with Crippen LogP contribution in [0.15, 0.2) is 24.3 Å². The van der Waals surface area contributed by atoms with Crippen LogP contribution in [0.3, 0.4) is 0 Å². The van der Waals surface area contributed by atoms with Crippen molar-refractivity contribution < 1.29 is 8.85 Å². The second-order valence-corrected chi connectivity index (χ2v) is 7.04. The monoisotopic (exact) mass is 210 g/mol. The first kappa shape index (κ1) is 11.3. The van der Waals surface area contributed by atoms with Crippen LogP contribution in [-0.2, 0) is 4.43 Å². The predicted octanol–water partition coefficient (Wildman–Crippen LogP) is 3.11. The van der Waals surface area contributed by atoms with Gasteiger partial charge in [-0.25, -0.2) is 0 Å². The van der Waals surface area contributed by atoms with Gasteiger partial charge in [-0.2, -0.15) is 0 Å². The highest BCUT2D eigenvalue weighted by Crippen LogP contribution is 2.17. The predicted molar refractivity (Wildman–Crippen MR) is 60.9 cm³/mol. The highest BCUT2D eigenvalue weighted by atomic mass is 28.4. The van der Waals surface area contributed by atoms with E-state index >= 15 is 0 Å². The maximum atomic E-state index is 5.84. The van der Waals surface area contributed by atoms with E-state index in [1.54, 1.807) is 0 Å². The van der Waals surface area contributed by atoms with Crippen LogP contribution in [0.1, 0.15) is 12.5 Å². The van der Waals surface area contributed by atoms with Crippen LogP contribution >= 0.6 is 0 Å². The van der Waals surface area contributed by atoms with Gasteiger partial charge >= 0.3 is 8.56 Å². The second-order valence-electron chi connectivity index (χ2n) is 3.75. The fourth-order valence-corrected chi connectivity index (χ4v) is 2.79. The zero-order valence-electron chi connectivity index (χ0n) is 9.33. The minimum atomic E-state index is -1.97. The molecule has 0 aliphatic heterocycles. The van der Waals surface area contributed by atoms with Crippen LogP contribution in [-0.4, -0.2) is 15.2 Å². The van der Waals surface area contributed by atoms with E-state index in [0.29, 0.717) is 6.61 Å². The summed E-state index contributed by atoms with van der Waals surface area (Å²) < 4.78 is 11.4. The van der Waals surface area contributed by atoms with Gasteiger partial charge in [0.15, 0.2) is 0 Å². The van der Waals surface area contributed by atoms with Crippen LogP contribution in [0.25, 0.3) is 0 Å². The minimum absolute atomic E-state index is 0.713. The van der Waals surface area contributed by atoms with Crippen LogP contribution in [0.5, 0.6) is 5.75 Å². The standard InChI is InChI=1S/C11H18O2Si/c1-5-12-14(3,4)13-11-8-6-7-10(2)9-11/h6-9H,5H2,1-4H3. The van der Waals surface area contributed by atoms with Gasteiger partial charge in [-0.05, 0) is 44.6 Å². The summed E-state index contributed by atoms with van der Waals surface area (Å²) in [6, 6.07) is 8.07. The highest BCUT2D eigenvalue weighted by molar-refractivity contribution is 6.65. The van der Waals surface area contributed by atoms with Crippen molar-refractivity contribution in [3.8, 4) is 5.75 Å². The Kier molecular flexibility index (Phi) is 3.72. The third-order valence-corrected chi connectivity index (χ3v) is 3.56. The van der Waals surface area contributed by atoms with Crippen LogP contribution in [0.4, 0.5) is 0 Å². The van der Waals surface area contributed by atoms with Gasteiger partial charge in [0.1, 0.15) is 5.75 Å².